The molecule has 1 heterocycles. The summed E-state index contributed by atoms with van der Waals surface area (Å²) < 4.78 is 37.2. The summed E-state index contributed by atoms with van der Waals surface area (Å²) in [5.74, 6) is -0.371. The molecule has 2 rings (SSSR count). The largest absolute Gasteiger partial charge is 0.406 e. The van der Waals surface area contributed by atoms with Crippen LogP contribution < -0.4 is 5.32 Å². The fourth-order valence-electron chi connectivity index (χ4n) is 2.23. The Kier molecular flexibility index (Phi) is 3.61. The highest BCUT2D eigenvalue weighted by Gasteiger charge is 2.42. The van der Waals surface area contributed by atoms with Gasteiger partial charge in [0.25, 0.3) is 0 Å². The van der Waals surface area contributed by atoms with E-state index >= 15 is 0 Å². The van der Waals surface area contributed by atoms with Crippen LogP contribution in [0, 0.1) is 0 Å². The molecule has 0 spiro atoms. The average Bonchev–Trinajstić information content (AvgIpc) is 3.09. The van der Waals surface area contributed by atoms with E-state index in [1.165, 1.54) is 0 Å². The fourth-order valence-corrected chi connectivity index (χ4v) is 2.23. The van der Waals surface area contributed by atoms with Crippen molar-refractivity contribution in [2.24, 2.45) is 0 Å². The number of halogens is 3. The summed E-state index contributed by atoms with van der Waals surface area (Å²) in [5.41, 5.74) is 0. The van der Waals surface area contributed by atoms with Crippen LogP contribution in [0.25, 0.3) is 0 Å². The molecule has 1 atom stereocenters. The summed E-state index contributed by atoms with van der Waals surface area (Å²) in [6.45, 7) is -0.379. The molecule has 1 saturated carbocycles. The standard InChI is InChI=1S/C11H17F3N2O/c12-11(13,14)7-16(8-4-5-8)10(17)9-3-1-2-6-15-9/h8-9,15H,1-7H2/t9-/m1/s1. The van der Waals surface area contributed by atoms with Gasteiger partial charge in [-0.2, -0.15) is 13.2 Å². The van der Waals surface area contributed by atoms with Gasteiger partial charge in [-0.3, -0.25) is 4.79 Å². The van der Waals surface area contributed by atoms with Gasteiger partial charge in [-0.05, 0) is 32.2 Å². The highest BCUT2D eigenvalue weighted by atomic mass is 19.4. The minimum Gasteiger partial charge on any atom is -0.329 e. The normalized spacial score (nSPS) is 25.7. The highest BCUT2D eigenvalue weighted by Crippen LogP contribution is 2.31. The molecule has 6 heteroatoms. The number of hydrogen-bond donors (Lipinski definition) is 1. The Morgan fingerprint density at radius 3 is 2.41 bits per heavy atom. The van der Waals surface area contributed by atoms with Crippen LogP contribution in [0.2, 0.25) is 0 Å². The van der Waals surface area contributed by atoms with E-state index in [0.29, 0.717) is 19.3 Å². The number of nitrogens with one attached hydrogen (secondary N) is 1. The number of carbonyl (C=O) groups excluding carboxylic acids is 1. The minimum atomic E-state index is -4.30. The molecule has 1 aliphatic carbocycles. The molecule has 1 N–H and O–H groups in total. The number of alkyl halides is 3. The van der Waals surface area contributed by atoms with Crippen LogP contribution in [0.15, 0.2) is 0 Å². The topological polar surface area (TPSA) is 32.3 Å². The Morgan fingerprint density at radius 2 is 1.94 bits per heavy atom. The van der Waals surface area contributed by atoms with Gasteiger partial charge in [-0.15, -0.1) is 0 Å². The van der Waals surface area contributed by atoms with E-state index in [9.17, 15) is 18.0 Å². The Hall–Kier alpha value is -0.780. The zero-order valence-corrected chi connectivity index (χ0v) is 9.59. The first kappa shape index (κ1) is 12.7. The van der Waals surface area contributed by atoms with Crippen molar-refractivity contribution in [1.29, 1.82) is 0 Å². The van der Waals surface area contributed by atoms with Gasteiger partial charge in [0.05, 0.1) is 6.04 Å². The third-order valence-corrected chi connectivity index (χ3v) is 3.23. The van der Waals surface area contributed by atoms with Gasteiger partial charge >= 0.3 is 6.18 Å². The number of amides is 1. The van der Waals surface area contributed by atoms with Crippen LogP contribution in [-0.4, -0.2) is 42.2 Å². The van der Waals surface area contributed by atoms with Gasteiger partial charge in [0, 0.05) is 6.04 Å². The van der Waals surface area contributed by atoms with Crippen molar-refractivity contribution in [3.63, 3.8) is 0 Å². The maximum absolute atomic E-state index is 12.4. The first-order chi connectivity index (χ1) is 7.97. The molecule has 17 heavy (non-hydrogen) atoms. The first-order valence-electron chi connectivity index (χ1n) is 6.08. The molecule has 0 aromatic carbocycles. The maximum atomic E-state index is 12.4. The lowest BCUT2D eigenvalue weighted by atomic mass is 10.0. The molecule has 0 bridgehead atoms. The van der Waals surface area contributed by atoms with E-state index < -0.39 is 18.8 Å². The van der Waals surface area contributed by atoms with Gasteiger partial charge in [-0.25, -0.2) is 0 Å². The van der Waals surface area contributed by atoms with Crippen molar-refractivity contribution in [2.45, 2.75) is 50.4 Å². The van der Waals surface area contributed by atoms with Crippen LogP contribution in [0.4, 0.5) is 13.2 Å². The van der Waals surface area contributed by atoms with Crippen molar-refractivity contribution < 1.29 is 18.0 Å². The van der Waals surface area contributed by atoms with E-state index in [1.807, 2.05) is 0 Å². The molecule has 1 saturated heterocycles. The minimum absolute atomic E-state index is 0.187. The van der Waals surface area contributed by atoms with Gasteiger partial charge in [-0.1, -0.05) is 6.42 Å². The Bertz CT molecular complexity index is 283. The summed E-state index contributed by atoms with van der Waals surface area (Å²) in [7, 11) is 0. The Morgan fingerprint density at radius 1 is 1.24 bits per heavy atom. The molecule has 0 radical (unpaired) electrons. The molecule has 1 amide bonds. The van der Waals surface area contributed by atoms with Crippen molar-refractivity contribution in [3.8, 4) is 0 Å². The molecular formula is C11H17F3N2O. The van der Waals surface area contributed by atoms with Crippen LogP contribution >= 0.6 is 0 Å². The number of carbonyl (C=O) groups is 1. The van der Waals surface area contributed by atoms with Gasteiger partial charge in [0.1, 0.15) is 6.54 Å². The molecule has 1 aliphatic heterocycles. The summed E-state index contributed by atoms with van der Waals surface area (Å²) >= 11 is 0. The predicted molar refractivity (Wildman–Crippen MR) is 56.4 cm³/mol. The number of rotatable bonds is 3. The van der Waals surface area contributed by atoms with E-state index in [-0.39, 0.29) is 11.9 Å². The van der Waals surface area contributed by atoms with Gasteiger partial charge in [0.2, 0.25) is 5.91 Å². The monoisotopic (exact) mass is 250 g/mol. The highest BCUT2D eigenvalue weighted by molar-refractivity contribution is 5.82. The summed E-state index contributed by atoms with van der Waals surface area (Å²) in [5, 5.41) is 3.01. The number of hydrogen-bond acceptors (Lipinski definition) is 2. The van der Waals surface area contributed by atoms with E-state index in [2.05, 4.69) is 5.32 Å². The van der Waals surface area contributed by atoms with Crippen LogP contribution in [0.1, 0.15) is 32.1 Å². The van der Waals surface area contributed by atoms with Gasteiger partial charge < -0.3 is 10.2 Å². The second-order valence-electron chi connectivity index (χ2n) is 4.81. The molecular weight excluding hydrogens is 233 g/mol. The van der Waals surface area contributed by atoms with E-state index in [0.717, 1.165) is 24.3 Å². The second-order valence-corrected chi connectivity index (χ2v) is 4.81. The van der Waals surface area contributed by atoms with E-state index in [4.69, 9.17) is 0 Å². The number of piperidine rings is 1. The number of nitrogens with zero attached hydrogens (tertiary/aromatic N) is 1. The summed E-state index contributed by atoms with van der Waals surface area (Å²) in [6.07, 6.45) is -0.337. The summed E-state index contributed by atoms with van der Waals surface area (Å²) in [6, 6.07) is -0.598. The van der Waals surface area contributed by atoms with Crippen molar-refractivity contribution >= 4 is 5.91 Å². The Balaban J connectivity index is 1.97. The maximum Gasteiger partial charge on any atom is 0.406 e. The molecule has 98 valence electrons. The molecule has 0 aromatic heterocycles. The molecule has 2 aliphatic rings. The zero-order valence-electron chi connectivity index (χ0n) is 9.59. The quantitative estimate of drug-likeness (QED) is 0.826. The van der Waals surface area contributed by atoms with Crippen molar-refractivity contribution in [3.05, 3.63) is 0 Å². The third-order valence-electron chi connectivity index (χ3n) is 3.23. The molecule has 0 aromatic rings. The Labute approximate surface area is 98.3 Å². The third kappa shape index (κ3) is 3.59. The lowest BCUT2D eigenvalue weighted by molar-refractivity contribution is -0.164. The smallest absolute Gasteiger partial charge is 0.329 e. The zero-order chi connectivity index (χ0) is 12.5. The SMILES string of the molecule is O=C([C@H]1CCCCN1)N(CC(F)(F)F)C1CC1. The van der Waals surface area contributed by atoms with Crippen LogP contribution in [0.3, 0.4) is 0 Å². The first-order valence-corrected chi connectivity index (χ1v) is 6.08. The second kappa shape index (κ2) is 4.84. The molecule has 0 unspecified atom stereocenters. The van der Waals surface area contributed by atoms with E-state index in [1.54, 1.807) is 0 Å². The fraction of sp³-hybridized carbons (Fsp3) is 0.909. The van der Waals surface area contributed by atoms with Crippen LogP contribution in [-0.2, 0) is 4.79 Å². The molecule has 2 fully saturated rings. The van der Waals surface area contributed by atoms with Crippen molar-refractivity contribution in [2.75, 3.05) is 13.1 Å². The van der Waals surface area contributed by atoms with Crippen LogP contribution in [0.5, 0.6) is 0 Å². The van der Waals surface area contributed by atoms with Gasteiger partial charge in [0.15, 0.2) is 0 Å². The molecule has 3 nitrogen and oxygen atoms in total. The summed E-state index contributed by atoms with van der Waals surface area (Å²) in [4.78, 5) is 13.0. The lowest BCUT2D eigenvalue weighted by Crippen LogP contribution is -2.51. The lowest BCUT2D eigenvalue weighted by Gasteiger charge is -2.30. The predicted octanol–water partition coefficient (Wildman–Crippen LogP) is 1.68. The van der Waals surface area contributed by atoms with Crippen molar-refractivity contribution in [1.82, 2.24) is 10.2 Å². The average molecular weight is 250 g/mol.